The molecule has 1 fully saturated rings. The average molecular weight is 380 g/mol. The van der Waals surface area contributed by atoms with Gasteiger partial charge < -0.3 is 15.1 Å². The first kappa shape index (κ1) is 20.4. The largest absolute Gasteiger partial charge is 0.369 e. The van der Waals surface area contributed by atoms with Crippen LogP contribution in [0, 0.1) is 5.92 Å². The van der Waals surface area contributed by atoms with Crippen LogP contribution in [0.25, 0.3) is 0 Å². The number of amides is 1. The summed E-state index contributed by atoms with van der Waals surface area (Å²) in [5.41, 5.74) is 4.83. The van der Waals surface area contributed by atoms with Crippen LogP contribution in [0.4, 0.5) is 5.69 Å². The minimum Gasteiger partial charge on any atom is -0.369 e. The Kier molecular flexibility index (Phi) is 7.10. The predicted molar refractivity (Wildman–Crippen MR) is 117 cm³/mol. The van der Waals surface area contributed by atoms with E-state index in [2.05, 4.69) is 84.5 Å². The van der Waals surface area contributed by atoms with Gasteiger partial charge in [0, 0.05) is 38.4 Å². The Balaban J connectivity index is 1.55. The third kappa shape index (κ3) is 5.83. The number of rotatable bonds is 7. The van der Waals surface area contributed by atoms with E-state index in [1.165, 1.54) is 16.8 Å². The van der Waals surface area contributed by atoms with E-state index in [1.807, 2.05) is 0 Å². The molecule has 28 heavy (non-hydrogen) atoms. The van der Waals surface area contributed by atoms with Gasteiger partial charge in [-0.2, -0.15) is 0 Å². The fourth-order valence-corrected chi connectivity index (χ4v) is 3.72. The Bertz CT molecular complexity index is 762. The summed E-state index contributed by atoms with van der Waals surface area (Å²) in [7, 11) is 2.17. The van der Waals surface area contributed by atoms with Crippen molar-refractivity contribution in [3.8, 4) is 0 Å². The average Bonchev–Trinajstić information content (AvgIpc) is 2.68. The summed E-state index contributed by atoms with van der Waals surface area (Å²) < 4.78 is 0. The third-order valence-corrected chi connectivity index (χ3v) is 5.34. The zero-order valence-electron chi connectivity index (χ0n) is 17.4. The Labute approximate surface area is 169 Å². The van der Waals surface area contributed by atoms with E-state index in [0.717, 1.165) is 38.2 Å². The monoisotopic (exact) mass is 379 g/mol. The number of piperazine rings is 1. The number of carbonyl (C=O) groups excluding carboxylic acids is 1. The van der Waals surface area contributed by atoms with Crippen molar-refractivity contribution < 1.29 is 4.79 Å². The molecule has 3 rings (SSSR count). The summed E-state index contributed by atoms with van der Waals surface area (Å²) >= 11 is 0. The van der Waals surface area contributed by atoms with Crippen molar-refractivity contribution in [2.75, 3.05) is 38.1 Å². The molecule has 0 saturated carbocycles. The predicted octanol–water partition coefficient (Wildman–Crippen LogP) is 3.50. The molecule has 0 unspecified atom stereocenters. The molecule has 2 aromatic rings. The molecular formula is C24H33N3O. The molecule has 0 bridgehead atoms. The highest BCUT2D eigenvalue weighted by atomic mass is 16.1. The lowest BCUT2D eigenvalue weighted by Gasteiger charge is -2.35. The van der Waals surface area contributed by atoms with Crippen LogP contribution >= 0.6 is 0 Å². The van der Waals surface area contributed by atoms with E-state index in [-0.39, 0.29) is 5.91 Å². The molecule has 4 nitrogen and oxygen atoms in total. The first-order chi connectivity index (χ1) is 13.5. The topological polar surface area (TPSA) is 35.6 Å². The van der Waals surface area contributed by atoms with Gasteiger partial charge in [-0.1, -0.05) is 56.3 Å². The molecule has 0 spiro atoms. The van der Waals surface area contributed by atoms with Crippen LogP contribution in [-0.4, -0.2) is 44.0 Å². The first-order valence-corrected chi connectivity index (χ1v) is 10.4. The van der Waals surface area contributed by atoms with Gasteiger partial charge in [-0.25, -0.2) is 0 Å². The van der Waals surface area contributed by atoms with Crippen LogP contribution in [0.5, 0.6) is 0 Å². The molecule has 0 aliphatic carbocycles. The quantitative estimate of drug-likeness (QED) is 0.800. The zero-order chi connectivity index (χ0) is 19.9. The van der Waals surface area contributed by atoms with Crippen molar-refractivity contribution >= 4 is 11.6 Å². The fraction of sp³-hybridized carbons (Fsp3) is 0.458. The number of benzene rings is 2. The van der Waals surface area contributed by atoms with Gasteiger partial charge in [0.1, 0.15) is 0 Å². The van der Waals surface area contributed by atoms with Gasteiger partial charge in [-0.05, 0) is 42.1 Å². The SMILES string of the molecule is CC(C)Cc1ccc(CC(=O)NCc2ccccc2N2CCN(C)CC2)cc1. The van der Waals surface area contributed by atoms with Crippen molar-refractivity contribution in [1.29, 1.82) is 0 Å². The lowest BCUT2D eigenvalue weighted by molar-refractivity contribution is -0.120. The molecule has 2 aromatic carbocycles. The van der Waals surface area contributed by atoms with Crippen molar-refractivity contribution in [1.82, 2.24) is 10.2 Å². The molecule has 1 N–H and O–H groups in total. The summed E-state index contributed by atoms with van der Waals surface area (Å²) in [5.74, 6) is 0.722. The maximum Gasteiger partial charge on any atom is 0.224 e. The molecule has 4 heteroatoms. The fourth-order valence-electron chi connectivity index (χ4n) is 3.72. The molecule has 1 amide bonds. The Morgan fingerprint density at radius 3 is 2.29 bits per heavy atom. The Morgan fingerprint density at radius 2 is 1.61 bits per heavy atom. The first-order valence-electron chi connectivity index (χ1n) is 10.4. The second-order valence-corrected chi connectivity index (χ2v) is 8.29. The molecule has 0 radical (unpaired) electrons. The summed E-state index contributed by atoms with van der Waals surface area (Å²) in [6.07, 6.45) is 1.51. The lowest BCUT2D eigenvalue weighted by atomic mass is 10.0. The number of likely N-dealkylation sites (N-methyl/N-ethyl adjacent to an activating group) is 1. The van der Waals surface area contributed by atoms with Gasteiger partial charge in [0.05, 0.1) is 6.42 Å². The number of nitrogens with one attached hydrogen (secondary N) is 1. The molecule has 0 atom stereocenters. The minimum absolute atomic E-state index is 0.0739. The van der Waals surface area contributed by atoms with Gasteiger partial charge in [0.25, 0.3) is 0 Å². The molecule has 0 aromatic heterocycles. The highest BCUT2D eigenvalue weighted by Gasteiger charge is 2.17. The maximum absolute atomic E-state index is 12.4. The van der Waals surface area contributed by atoms with Crippen LogP contribution in [0.3, 0.4) is 0 Å². The third-order valence-electron chi connectivity index (χ3n) is 5.34. The van der Waals surface area contributed by atoms with E-state index in [1.54, 1.807) is 0 Å². The van der Waals surface area contributed by atoms with E-state index in [9.17, 15) is 4.79 Å². The number of carbonyl (C=O) groups is 1. The molecule has 1 aliphatic rings. The van der Waals surface area contributed by atoms with Crippen molar-refractivity contribution in [3.63, 3.8) is 0 Å². The maximum atomic E-state index is 12.4. The van der Waals surface area contributed by atoms with Crippen LogP contribution < -0.4 is 10.2 Å². The highest BCUT2D eigenvalue weighted by molar-refractivity contribution is 5.78. The number of nitrogens with zero attached hydrogens (tertiary/aromatic N) is 2. The molecule has 150 valence electrons. The van der Waals surface area contributed by atoms with E-state index in [4.69, 9.17) is 0 Å². The second-order valence-electron chi connectivity index (χ2n) is 8.29. The van der Waals surface area contributed by atoms with Gasteiger partial charge in [-0.15, -0.1) is 0 Å². The smallest absolute Gasteiger partial charge is 0.224 e. The zero-order valence-corrected chi connectivity index (χ0v) is 17.4. The van der Waals surface area contributed by atoms with E-state index in [0.29, 0.717) is 18.9 Å². The number of hydrogen-bond acceptors (Lipinski definition) is 3. The van der Waals surface area contributed by atoms with Crippen molar-refractivity contribution in [3.05, 3.63) is 65.2 Å². The highest BCUT2D eigenvalue weighted by Crippen LogP contribution is 2.21. The second kappa shape index (κ2) is 9.74. The van der Waals surface area contributed by atoms with Crippen LogP contribution in [0.15, 0.2) is 48.5 Å². The van der Waals surface area contributed by atoms with E-state index < -0.39 is 0 Å². The van der Waals surface area contributed by atoms with Crippen LogP contribution in [0.1, 0.15) is 30.5 Å². The molecule has 1 heterocycles. The van der Waals surface area contributed by atoms with Crippen LogP contribution in [-0.2, 0) is 24.2 Å². The van der Waals surface area contributed by atoms with Gasteiger partial charge in [-0.3, -0.25) is 4.79 Å². The number of anilines is 1. The van der Waals surface area contributed by atoms with Crippen molar-refractivity contribution in [2.24, 2.45) is 5.92 Å². The molecular weight excluding hydrogens is 346 g/mol. The normalized spacial score (nSPS) is 15.1. The van der Waals surface area contributed by atoms with Gasteiger partial charge in [0.15, 0.2) is 0 Å². The standard InChI is InChI=1S/C24H33N3O/c1-19(2)16-20-8-10-21(11-9-20)17-24(28)25-18-22-6-4-5-7-23(22)27-14-12-26(3)13-15-27/h4-11,19H,12-18H2,1-3H3,(H,25,28). The lowest BCUT2D eigenvalue weighted by Crippen LogP contribution is -2.45. The number of hydrogen-bond donors (Lipinski definition) is 1. The summed E-state index contributed by atoms with van der Waals surface area (Å²) in [6.45, 7) is 9.24. The van der Waals surface area contributed by atoms with E-state index >= 15 is 0 Å². The van der Waals surface area contributed by atoms with Gasteiger partial charge in [0.2, 0.25) is 5.91 Å². The minimum atomic E-state index is 0.0739. The molecule has 1 saturated heterocycles. The van der Waals surface area contributed by atoms with Crippen LogP contribution in [0.2, 0.25) is 0 Å². The summed E-state index contributed by atoms with van der Waals surface area (Å²) in [5, 5.41) is 3.11. The molecule has 1 aliphatic heterocycles. The summed E-state index contributed by atoms with van der Waals surface area (Å²) in [6, 6.07) is 16.9. The Hall–Kier alpha value is -2.33. The van der Waals surface area contributed by atoms with Gasteiger partial charge >= 0.3 is 0 Å². The number of para-hydroxylation sites is 1. The summed E-state index contributed by atoms with van der Waals surface area (Å²) in [4.78, 5) is 17.2. The van der Waals surface area contributed by atoms with Crippen molar-refractivity contribution in [2.45, 2.75) is 33.2 Å². The Morgan fingerprint density at radius 1 is 0.964 bits per heavy atom.